The van der Waals surface area contributed by atoms with E-state index in [4.69, 9.17) is 21.6 Å². The van der Waals surface area contributed by atoms with Crippen LogP contribution in [0.25, 0.3) is 11.1 Å². The molecule has 24 heavy (non-hydrogen) atoms. The Morgan fingerprint density at radius 1 is 1.00 bits per heavy atom. The quantitative estimate of drug-likeness (QED) is 0.592. The van der Waals surface area contributed by atoms with E-state index in [1.165, 1.54) is 11.3 Å². The molecule has 0 fully saturated rings. The fourth-order valence-corrected chi connectivity index (χ4v) is 3.13. The molecule has 0 unspecified atom stereocenters. The first-order chi connectivity index (χ1) is 11.7. The third-order valence-corrected chi connectivity index (χ3v) is 4.69. The molecule has 0 aliphatic rings. The maximum Gasteiger partial charge on any atom is 0.210 e. The van der Waals surface area contributed by atoms with Crippen molar-refractivity contribution in [3.8, 4) is 22.9 Å². The molecule has 0 bridgehead atoms. The third kappa shape index (κ3) is 3.83. The van der Waals surface area contributed by atoms with Crippen LogP contribution < -0.4 is 4.74 Å². The maximum atomic E-state index is 12.0. The number of Topliss-reactive ketones (excluding diaryl/α,β-unsaturated/α-hetero) is 1. The molecule has 0 amide bonds. The van der Waals surface area contributed by atoms with Gasteiger partial charge in [-0.1, -0.05) is 35.9 Å². The minimum atomic E-state index is -0.0944. The van der Waals surface area contributed by atoms with E-state index in [2.05, 4.69) is 6.07 Å². The predicted molar refractivity (Wildman–Crippen MR) is 95.7 cm³/mol. The second kappa shape index (κ2) is 7.31. The fourth-order valence-electron chi connectivity index (χ4n) is 2.16. The van der Waals surface area contributed by atoms with Crippen LogP contribution in [-0.2, 0) is 0 Å². The molecule has 0 saturated carbocycles. The number of nitrogens with zero attached hydrogens (tertiary/aromatic N) is 1. The van der Waals surface area contributed by atoms with Crippen molar-refractivity contribution in [3.05, 3.63) is 75.4 Å². The van der Waals surface area contributed by atoms with Gasteiger partial charge in [0, 0.05) is 0 Å². The van der Waals surface area contributed by atoms with Crippen LogP contribution in [0.5, 0.6) is 5.75 Å². The van der Waals surface area contributed by atoms with Gasteiger partial charge in [-0.3, -0.25) is 4.79 Å². The molecular formula is C19H12ClNO2S. The first-order valence-electron chi connectivity index (χ1n) is 7.17. The van der Waals surface area contributed by atoms with Crippen LogP contribution in [0.2, 0.25) is 4.34 Å². The summed E-state index contributed by atoms with van der Waals surface area (Å²) in [5.74, 6) is 0.534. The molecule has 0 atom stereocenters. The van der Waals surface area contributed by atoms with Crippen LogP contribution >= 0.6 is 22.9 Å². The third-order valence-electron chi connectivity index (χ3n) is 3.42. The van der Waals surface area contributed by atoms with Gasteiger partial charge < -0.3 is 4.74 Å². The Labute approximate surface area is 148 Å². The summed E-state index contributed by atoms with van der Waals surface area (Å²) in [4.78, 5) is 12.6. The van der Waals surface area contributed by atoms with E-state index >= 15 is 0 Å². The molecule has 3 rings (SSSR count). The minimum Gasteiger partial charge on any atom is -0.485 e. The van der Waals surface area contributed by atoms with Crippen molar-refractivity contribution in [1.82, 2.24) is 0 Å². The monoisotopic (exact) mass is 353 g/mol. The van der Waals surface area contributed by atoms with Gasteiger partial charge in [-0.2, -0.15) is 5.26 Å². The summed E-state index contributed by atoms with van der Waals surface area (Å²) in [5.41, 5.74) is 2.67. The average Bonchev–Trinajstić information content (AvgIpc) is 3.07. The second-order valence-corrected chi connectivity index (χ2v) is 6.74. The topological polar surface area (TPSA) is 50.1 Å². The lowest BCUT2D eigenvalue weighted by atomic mass is 10.0. The Balaban J connectivity index is 1.64. The van der Waals surface area contributed by atoms with Gasteiger partial charge in [0.2, 0.25) is 5.78 Å². The summed E-state index contributed by atoms with van der Waals surface area (Å²) in [6, 6.07) is 20.3. The molecule has 118 valence electrons. The van der Waals surface area contributed by atoms with Gasteiger partial charge in [0.05, 0.1) is 20.8 Å². The number of thiophene rings is 1. The number of carbonyl (C=O) groups is 1. The zero-order valence-electron chi connectivity index (χ0n) is 12.5. The van der Waals surface area contributed by atoms with E-state index in [1.54, 1.807) is 24.3 Å². The highest BCUT2D eigenvalue weighted by atomic mass is 35.5. The van der Waals surface area contributed by atoms with Crippen molar-refractivity contribution in [3.63, 3.8) is 0 Å². The average molecular weight is 354 g/mol. The zero-order chi connectivity index (χ0) is 16.9. The molecule has 0 spiro atoms. The largest absolute Gasteiger partial charge is 0.485 e. The Hall–Kier alpha value is -2.61. The zero-order valence-corrected chi connectivity index (χ0v) is 14.1. The van der Waals surface area contributed by atoms with Crippen molar-refractivity contribution in [2.75, 3.05) is 6.61 Å². The number of ether oxygens (including phenoxy) is 1. The first kappa shape index (κ1) is 16.3. The van der Waals surface area contributed by atoms with Gasteiger partial charge in [0.25, 0.3) is 0 Å². The molecule has 0 radical (unpaired) electrons. The number of hydrogen-bond acceptors (Lipinski definition) is 4. The Morgan fingerprint density at radius 3 is 2.17 bits per heavy atom. The Morgan fingerprint density at radius 2 is 1.62 bits per heavy atom. The molecule has 2 aromatic carbocycles. The van der Waals surface area contributed by atoms with Crippen molar-refractivity contribution in [2.24, 2.45) is 0 Å². The predicted octanol–water partition coefficient (Wildman–Crippen LogP) is 5.20. The van der Waals surface area contributed by atoms with Crippen molar-refractivity contribution < 1.29 is 9.53 Å². The number of carbonyl (C=O) groups excluding carboxylic acids is 1. The second-order valence-electron chi connectivity index (χ2n) is 5.03. The van der Waals surface area contributed by atoms with E-state index < -0.39 is 0 Å². The van der Waals surface area contributed by atoms with Gasteiger partial charge in [0.15, 0.2) is 6.61 Å². The van der Waals surface area contributed by atoms with E-state index in [9.17, 15) is 4.79 Å². The lowest BCUT2D eigenvalue weighted by Crippen LogP contribution is -2.09. The normalized spacial score (nSPS) is 10.2. The lowest BCUT2D eigenvalue weighted by molar-refractivity contribution is 0.0925. The van der Waals surface area contributed by atoms with Gasteiger partial charge >= 0.3 is 0 Å². The molecule has 1 heterocycles. The Kier molecular flexibility index (Phi) is 4.95. The van der Waals surface area contributed by atoms with Crippen molar-refractivity contribution in [2.45, 2.75) is 0 Å². The number of rotatable bonds is 5. The molecule has 3 nitrogen and oxygen atoms in total. The number of benzene rings is 2. The van der Waals surface area contributed by atoms with Crippen LogP contribution in [-0.4, -0.2) is 12.4 Å². The number of hydrogen-bond donors (Lipinski definition) is 0. The molecular weight excluding hydrogens is 342 g/mol. The standard InChI is InChI=1S/C19H12ClNO2S/c20-19-10-9-18(24-19)17(22)12-23-16-7-5-15(6-8-16)14-3-1-13(11-21)2-4-14/h1-10H,12H2. The molecule has 0 aliphatic carbocycles. The van der Waals surface area contributed by atoms with E-state index in [0.717, 1.165) is 11.1 Å². The summed E-state index contributed by atoms with van der Waals surface area (Å²) in [6.45, 7) is -0.0208. The summed E-state index contributed by atoms with van der Waals surface area (Å²) < 4.78 is 6.12. The summed E-state index contributed by atoms with van der Waals surface area (Å²) >= 11 is 7.07. The van der Waals surface area contributed by atoms with Gasteiger partial charge in [-0.25, -0.2) is 0 Å². The van der Waals surface area contributed by atoms with E-state index in [0.29, 0.717) is 20.5 Å². The minimum absolute atomic E-state index is 0.0208. The molecule has 1 aromatic heterocycles. The van der Waals surface area contributed by atoms with Crippen LogP contribution in [0.4, 0.5) is 0 Å². The Bertz CT molecular complexity index is 892. The summed E-state index contributed by atoms with van der Waals surface area (Å²) in [7, 11) is 0. The molecule has 0 N–H and O–H groups in total. The first-order valence-corrected chi connectivity index (χ1v) is 8.37. The number of ketones is 1. The maximum absolute atomic E-state index is 12.0. The van der Waals surface area contributed by atoms with E-state index in [-0.39, 0.29) is 12.4 Å². The smallest absolute Gasteiger partial charge is 0.210 e. The highest BCUT2D eigenvalue weighted by molar-refractivity contribution is 7.18. The van der Waals surface area contributed by atoms with Gasteiger partial charge in [-0.15, -0.1) is 11.3 Å². The molecule has 0 aliphatic heterocycles. The van der Waals surface area contributed by atoms with E-state index in [1.807, 2.05) is 36.4 Å². The van der Waals surface area contributed by atoms with Crippen LogP contribution in [0.1, 0.15) is 15.2 Å². The van der Waals surface area contributed by atoms with Crippen molar-refractivity contribution in [1.29, 1.82) is 5.26 Å². The van der Waals surface area contributed by atoms with Crippen LogP contribution in [0, 0.1) is 11.3 Å². The molecule has 0 saturated heterocycles. The van der Waals surface area contributed by atoms with Crippen LogP contribution in [0.15, 0.2) is 60.7 Å². The summed E-state index contributed by atoms with van der Waals surface area (Å²) in [6.07, 6.45) is 0. The van der Waals surface area contributed by atoms with Gasteiger partial charge in [0.1, 0.15) is 5.75 Å². The molecule has 5 heteroatoms. The highest BCUT2D eigenvalue weighted by Gasteiger charge is 2.09. The lowest BCUT2D eigenvalue weighted by Gasteiger charge is -2.06. The fraction of sp³-hybridized carbons (Fsp3) is 0.0526. The molecule has 3 aromatic rings. The SMILES string of the molecule is N#Cc1ccc(-c2ccc(OCC(=O)c3ccc(Cl)s3)cc2)cc1. The number of halogens is 1. The summed E-state index contributed by atoms with van der Waals surface area (Å²) in [5, 5.41) is 8.82. The number of nitriles is 1. The van der Waals surface area contributed by atoms with Crippen molar-refractivity contribution >= 4 is 28.7 Å². The van der Waals surface area contributed by atoms with Gasteiger partial charge in [-0.05, 0) is 47.5 Å². The van der Waals surface area contributed by atoms with Crippen LogP contribution in [0.3, 0.4) is 0 Å². The highest BCUT2D eigenvalue weighted by Crippen LogP contribution is 2.24.